The summed E-state index contributed by atoms with van der Waals surface area (Å²) in [6.45, 7) is 0. The number of rotatable bonds is 3. The quantitative estimate of drug-likeness (QED) is 0.315. The number of methoxy groups -OCH3 is 1. The van der Waals surface area contributed by atoms with E-state index in [1.54, 1.807) is 43.5 Å². The van der Waals surface area contributed by atoms with Gasteiger partial charge in [0.05, 0.1) is 28.7 Å². The second-order valence-corrected chi connectivity index (χ2v) is 6.69. The van der Waals surface area contributed by atoms with Crippen LogP contribution in [0, 0.1) is 10.1 Å². The lowest BCUT2D eigenvalue weighted by Gasteiger charge is -2.09. The van der Waals surface area contributed by atoms with Crippen LogP contribution in [0.1, 0.15) is 20.7 Å². The van der Waals surface area contributed by atoms with Crippen LogP contribution in [0.15, 0.2) is 48.5 Å². The number of carbonyl (C=O) groups is 2. The van der Waals surface area contributed by atoms with Gasteiger partial charge in [0.15, 0.2) is 0 Å². The van der Waals surface area contributed by atoms with Crippen molar-refractivity contribution in [3.05, 3.63) is 69.8 Å². The molecule has 0 radical (unpaired) electrons. The number of H-pyrrole nitrogens is 1. The first-order chi connectivity index (χ1) is 14.0. The molecule has 0 unspecified atom stereocenters. The van der Waals surface area contributed by atoms with Gasteiger partial charge in [-0.3, -0.25) is 25.0 Å². The third-order valence-corrected chi connectivity index (χ3v) is 5.16. The van der Waals surface area contributed by atoms with Crippen LogP contribution in [0.3, 0.4) is 0 Å². The fourth-order valence-corrected chi connectivity index (χ4v) is 3.94. The summed E-state index contributed by atoms with van der Waals surface area (Å²) in [5.74, 6) is -0.490. The molecule has 1 aromatic heterocycles. The van der Waals surface area contributed by atoms with Crippen molar-refractivity contribution in [1.82, 2.24) is 10.3 Å². The molecule has 8 nitrogen and oxygen atoms in total. The minimum absolute atomic E-state index is 0.139. The summed E-state index contributed by atoms with van der Waals surface area (Å²) in [6.07, 6.45) is 0. The van der Waals surface area contributed by atoms with E-state index in [4.69, 9.17) is 4.74 Å². The minimum atomic E-state index is -0.572. The zero-order chi connectivity index (χ0) is 20.3. The van der Waals surface area contributed by atoms with Crippen molar-refractivity contribution in [2.75, 3.05) is 7.11 Å². The van der Waals surface area contributed by atoms with Crippen molar-refractivity contribution in [2.45, 2.75) is 0 Å². The number of fused-ring (bicyclic) bond motifs is 5. The van der Waals surface area contributed by atoms with Gasteiger partial charge in [-0.05, 0) is 30.3 Å². The highest BCUT2D eigenvalue weighted by atomic mass is 16.6. The van der Waals surface area contributed by atoms with E-state index in [1.807, 2.05) is 6.07 Å². The van der Waals surface area contributed by atoms with Crippen LogP contribution in [-0.2, 0) is 0 Å². The summed E-state index contributed by atoms with van der Waals surface area (Å²) >= 11 is 0. The largest absolute Gasteiger partial charge is 0.497 e. The molecule has 0 aliphatic carbocycles. The fraction of sp³-hybridized carbons (Fsp3) is 0.0476. The SMILES string of the molecule is COc1ccc2[nH]c3cc(-c4ccccc4[N+](=O)[O-])c4c(c3c2c1)C(=O)NC4=O. The van der Waals surface area contributed by atoms with Crippen LogP contribution >= 0.6 is 0 Å². The van der Waals surface area contributed by atoms with E-state index < -0.39 is 16.7 Å². The predicted octanol–water partition coefficient (Wildman–Crippen LogP) is 3.79. The van der Waals surface area contributed by atoms with Crippen molar-refractivity contribution < 1.29 is 19.2 Å². The average molecular weight is 387 g/mol. The maximum atomic E-state index is 12.7. The normalized spacial score (nSPS) is 13.0. The Labute approximate surface area is 163 Å². The molecule has 0 fully saturated rings. The summed E-state index contributed by atoms with van der Waals surface area (Å²) in [6, 6.07) is 13.2. The molecule has 8 heteroatoms. The van der Waals surface area contributed by atoms with Gasteiger partial charge >= 0.3 is 0 Å². The summed E-state index contributed by atoms with van der Waals surface area (Å²) in [4.78, 5) is 39.6. The number of nitro benzene ring substituents is 1. The van der Waals surface area contributed by atoms with Gasteiger partial charge in [-0.15, -0.1) is 0 Å². The molecule has 29 heavy (non-hydrogen) atoms. The number of nitrogens with one attached hydrogen (secondary N) is 2. The van der Waals surface area contributed by atoms with Crippen LogP contribution in [0.2, 0.25) is 0 Å². The number of nitro groups is 1. The molecule has 0 atom stereocenters. The molecule has 0 bridgehead atoms. The van der Waals surface area contributed by atoms with Crippen LogP contribution in [0.4, 0.5) is 5.69 Å². The molecule has 3 aromatic carbocycles. The first-order valence-corrected chi connectivity index (χ1v) is 8.75. The number of imide groups is 1. The third kappa shape index (κ3) is 2.32. The number of hydrogen-bond donors (Lipinski definition) is 2. The molecular formula is C21H13N3O5. The van der Waals surface area contributed by atoms with Crippen molar-refractivity contribution in [1.29, 1.82) is 0 Å². The molecule has 142 valence electrons. The molecule has 1 aliphatic heterocycles. The summed E-state index contributed by atoms with van der Waals surface area (Å²) < 4.78 is 5.29. The monoisotopic (exact) mass is 387 g/mol. The molecule has 2 heterocycles. The van der Waals surface area contributed by atoms with Gasteiger partial charge in [0.25, 0.3) is 17.5 Å². The molecule has 2 N–H and O–H groups in total. The van der Waals surface area contributed by atoms with Crippen LogP contribution < -0.4 is 10.1 Å². The number of amides is 2. The van der Waals surface area contributed by atoms with E-state index in [2.05, 4.69) is 10.3 Å². The van der Waals surface area contributed by atoms with Gasteiger partial charge in [-0.25, -0.2) is 0 Å². The second kappa shape index (κ2) is 5.90. The molecule has 0 spiro atoms. The Morgan fingerprint density at radius 2 is 1.69 bits per heavy atom. The first kappa shape index (κ1) is 16.9. The van der Waals surface area contributed by atoms with Crippen LogP contribution in [-0.4, -0.2) is 28.8 Å². The van der Waals surface area contributed by atoms with Gasteiger partial charge in [0.1, 0.15) is 5.75 Å². The maximum absolute atomic E-state index is 12.7. The minimum Gasteiger partial charge on any atom is -0.497 e. The van der Waals surface area contributed by atoms with Crippen molar-refractivity contribution in [3.8, 4) is 16.9 Å². The Bertz CT molecular complexity index is 1390. The van der Waals surface area contributed by atoms with Crippen molar-refractivity contribution in [3.63, 3.8) is 0 Å². The average Bonchev–Trinajstić information content (AvgIpc) is 3.23. The fourth-order valence-electron chi connectivity index (χ4n) is 3.94. The van der Waals surface area contributed by atoms with E-state index in [1.165, 1.54) is 6.07 Å². The summed E-state index contributed by atoms with van der Waals surface area (Å²) in [5.41, 5.74) is 2.18. The molecule has 1 aliphatic rings. The number of ether oxygens (including phenoxy) is 1. The summed E-state index contributed by atoms with van der Waals surface area (Å²) in [7, 11) is 1.54. The van der Waals surface area contributed by atoms with Gasteiger partial charge in [-0.2, -0.15) is 0 Å². The van der Waals surface area contributed by atoms with E-state index in [-0.39, 0.29) is 22.4 Å². The number of aromatic amines is 1. The van der Waals surface area contributed by atoms with E-state index in [9.17, 15) is 19.7 Å². The lowest BCUT2D eigenvalue weighted by atomic mass is 9.92. The standard InChI is InChI=1S/C21H13N3O5/c1-29-10-6-7-14-13(8-10)17-15(22-14)9-12(18-19(17)21(26)23-20(18)25)11-4-2-3-5-16(11)24(27)28/h2-9,22H,1H3,(H,23,25,26). The van der Waals surface area contributed by atoms with Gasteiger partial charge in [0.2, 0.25) is 0 Å². The molecule has 4 aromatic rings. The van der Waals surface area contributed by atoms with Crippen molar-refractivity contribution >= 4 is 39.3 Å². The Balaban J connectivity index is 1.95. The summed E-state index contributed by atoms with van der Waals surface area (Å²) in [5, 5.41) is 15.2. The number of para-hydroxylation sites is 1. The molecule has 0 saturated heterocycles. The number of carbonyl (C=O) groups excluding carboxylic acids is 2. The van der Waals surface area contributed by atoms with E-state index in [0.717, 1.165) is 10.9 Å². The predicted molar refractivity (Wildman–Crippen MR) is 106 cm³/mol. The number of aromatic nitrogens is 1. The number of benzene rings is 3. The van der Waals surface area contributed by atoms with Crippen molar-refractivity contribution in [2.24, 2.45) is 0 Å². The molecule has 5 rings (SSSR count). The Morgan fingerprint density at radius 1 is 0.931 bits per heavy atom. The van der Waals surface area contributed by atoms with E-state index >= 15 is 0 Å². The zero-order valence-electron chi connectivity index (χ0n) is 15.1. The molecule has 0 saturated carbocycles. The van der Waals surface area contributed by atoms with Gasteiger partial charge in [-0.1, -0.05) is 12.1 Å². The van der Waals surface area contributed by atoms with Gasteiger partial charge in [0, 0.05) is 33.4 Å². The third-order valence-electron chi connectivity index (χ3n) is 5.16. The topological polar surface area (TPSA) is 114 Å². The first-order valence-electron chi connectivity index (χ1n) is 8.75. The number of hydrogen-bond acceptors (Lipinski definition) is 5. The molecule has 2 amide bonds. The Kier molecular flexibility index (Phi) is 3.44. The lowest BCUT2D eigenvalue weighted by molar-refractivity contribution is -0.384. The second-order valence-electron chi connectivity index (χ2n) is 6.69. The maximum Gasteiger partial charge on any atom is 0.277 e. The smallest absolute Gasteiger partial charge is 0.277 e. The highest BCUT2D eigenvalue weighted by Crippen LogP contribution is 2.41. The lowest BCUT2D eigenvalue weighted by Crippen LogP contribution is -2.20. The Hall–Kier alpha value is -4.20. The number of nitrogens with zero attached hydrogens (tertiary/aromatic N) is 1. The molecular weight excluding hydrogens is 374 g/mol. The van der Waals surface area contributed by atoms with Gasteiger partial charge < -0.3 is 9.72 Å². The van der Waals surface area contributed by atoms with Crippen LogP contribution in [0.25, 0.3) is 32.9 Å². The highest BCUT2D eigenvalue weighted by molar-refractivity contribution is 6.32. The van der Waals surface area contributed by atoms with Crippen LogP contribution in [0.5, 0.6) is 5.75 Å². The highest BCUT2D eigenvalue weighted by Gasteiger charge is 2.35. The van der Waals surface area contributed by atoms with E-state index in [0.29, 0.717) is 22.2 Å². The zero-order valence-corrected chi connectivity index (χ0v) is 15.1. The Morgan fingerprint density at radius 3 is 2.45 bits per heavy atom.